The molecule has 3 unspecified atom stereocenters. The van der Waals surface area contributed by atoms with Gasteiger partial charge < -0.3 is 20.1 Å². The molecule has 34 heavy (non-hydrogen) atoms. The maximum absolute atomic E-state index is 13.2. The number of carbonyl (C=O) groups excluding carboxylic acids is 2. The Morgan fingerprint density at radius 2 is 1.56 bits per heavy atom. The number of rotatable bonds is 6. The van der Waals surface area contributed by atoms with Crippen molar-refractivity contribution < 1.29 is 24.2 Å². The predicted molar refractivity (Wildman–Crippen MR) is 126 cm³/mol. The minimum atomic E-state index is -1.13. The van der Waals surface area contributed by atoms with Gasteiger partial charge in [0.1, 0.15) is 12.6 Å². The third kappa shape index (κ3) is 4.52. The second-order valence-corrected chi connectivity index (χ2v) is 9.76. The number of piperidine rings is 1. The van der Waals surface area contributed by atoms with E-state index in [1.807, 2.05) is 36.4 Å². The van der Waals surface area contributed by atoms with Gasteiger partial charge in [0.25, 0.3) is 0 Å². The quantitative estimate of drug-likeness (QED) is 0.676. The molecule has 7 heteroatoms. The Bertz CT molecular complexity index is 1040. The lowest BCUT2D eigenvalue weighted by Crippen LogP contribution is -2.54. The second-order valence-electron chi connectivity index (χ2n) is 9.76. The highest BCUT2D eigenvalue weighted by Gasteiger charge is 2.37. The van der Waals surface area contributed by atoms with Crippen LogP contribution in [0.5, 0.6) is 0 Å². The summed E-state index contributed by atoms with van der Waals surface area (Å²) in [6.07, 6.45) is 3.29. The van der Waals surface area contributed by atoms with E-state index in [2.05, 4.69) is 17.4 Å². The Labute approximate surface area is 199 Å². The number of ether oxygens (including phenoxy) is 1. The van der Waals surface area contributed by atoms with Gasteiger partial charge in [-0.3, -0.25) is 9.59 Å². The molecule has 1 heterocycles. The van der Waals surface area contributed by atoms with Gasteiger partial charge in [0.05, 0.1) is 6.42 Å². The van der Waals surface area contributed by atoms with Gasteiger partial charge in [-0.25, -0.2) is 4.79 Å². The minimum Gasteiger partial charge on any atom is -0.481 e. The molecule has 2 aliphatic carbocycles. The molecule has 2 fully saturated rings. The lowest BCUT2D eigenvalue weighted by Gasteiger charge is -2.42. The van der Waals surface area contributed by atoms with Crippen molar-refractivity contribution in [3.63, 3.8) is 0 Å². The number of alkyl carbamates (subject to hydrolysis) is 1. The summed E-state index contributed by atoms with van der Waals surface area (Å²) in [5.74, 6) is -0.622. The first kappa shape index (κ1) is 22.4. The molecular formula is C27H30N2O5. The number of carboxylic acid groups (broad SMARTS) is 1. The number of hydrogen-bond donors (Lipinski definition) is 2. The van der Waals surface area contributed by atoms with Crippen molar-refractivity contribution in [2.45, 2.75) is 44.1 Å². The highest BCUT2D eigenvalue weighted by atomic mass is 16.5. The first-order chi connectivity index (χ1) is 16.5. The number of benzene rings is 2. The monoisotopic (exact) mass is 462 g/mol. The van der Waals surface area contributed by atoms with Crippen LogP contribution in [0.2, 0.25) is 0 Å². The zero-order valence-electron chi connectivity index (χ0n) is 19.1. The van der Waals surface area contributed by atoms with E-state index in [0.29, 0.717) is 24.9 Å². The Morgan fingerprint density at radius 3 is 2.15 bits per heavy atom. The third-order valence-electron chi connectivity index (χ3n) is 7.47. The van der Waals surface area contributed by atoms with E-state index in [-0.39, 0.29) is 18.4 Å². The molecule has 0 aromatic heterocycles. The molecule has 3 aliphatic rings. The molecule has 1 saturated carbocycles. The summed E-state index contributed by atoms with van der Waals surface area (Å²) in [4.78, 5) is 39.1. The van der Waals surface area contributed by atoms with Crippen LogP contribution in [0.4, 0.5) is 4.79 Å². The Balaban J connectivity index is 1.25. The molecule has 1 saturated heterocycles. The molecule has 2 amide bonds. The van der Waals surface area contributed by atoms with Gasteiger partial charge in [-0.1, -0.05) is 55.0 Å². The fourth-order valence-corrected chi connectivity index (χ4v) is 5.99. The summed E-state index contributed by atoms with van der Waals surface area (Å²) in [7, 11) is 0. The van der Waals surface area contributed by atoms with Gasteiger partial charge in [0, 0.05) is 19.0 Å². The smallest absolute Gasteiger partial charge is 0.407 e. The van der Waals surface area contributed by atoms with Gasteiger partial charge in [0.15, 0.2) is 0 Å². The first-order valence-corrected chi connectivity index (χ1v) is 12.1. The standard InChI is InChI=1S/C27H30N2O5/c30-25(31)13-24(26(32)29-14-17-6-5-7-18(12-17)15-29)28-27(33)34-16-23-21-10-3-1-8-19(21)20-9-2-4-11-22(20)23/h1-4,8-11,17-18,23-24H,5-7,12-16H2,(H,28,33)(H,30,31). The van der Waals surface area contributed by atoms with Crippen molar-refractivity contribution >= 4 is 18.0 Å². The molecule has 2 aromatic rings. The number of carbonyl (C=O) groups is 3. The van der Waals surface area contributed by atoms with Crippen molar-refractivity contribution in [1.29, 1.82) is 0 Å². The van der Waals surface area contributed by atoms with E-state index >= 15 is 0 Å². The molecular weight excluding hydrogens is 432 g/mol. The normalized spacial score (nSPS) is 21.8. The van der Waals surface area contributed by atoms with Crippen molar-refractivity contribution in [1.82, 2.24) is 10.2 Å². The van der Waals surface area contributed by atoms with Crippen LogP contribution in [0, 0.1) is 11.8 Å². The molecule has 1 aliphatic heterocycles. The van der Waals surface area contributed by atoms with Crippen LogP contribution in [0.3, 0.4) is 0 Å². The minimum absolute atomic E-state index is 0.103. The zero-order valence-corrected chi connectivity index (χ0v) is 19.1. The lowest BCUT2D eigenvalue weighted by molar-refractivity contribution is -0.144. The molecule has 0 radical (unpaired) electrons. The summed E-state index contributed by atoms with van der Waals surface area (Å²) in [6, 6.07) is 15.0. The van der Waals surface area contributed by atoms with E-state index < -0.39 is 24.5 Å². The van der Waals surface area contributed by atoms with Crippen LogP contribution in [0.15, 0.2) is 48.5 Å². The average molecular weight is 463 g/mol. The van der Waals surface area contributed by atoms with Gasteiger partial charge in [-0.2, -0.15) is 0 Å². The molecule has 178 valence electrons. The third-order valence-corrected chi connectivity index (χ3v) is 7.47. The van der Waals surface area contributed by atoms with Crippen LogP contribution >= 0.6 is 0 Å². The van der Waals surface area contributed by atoms with E-state index in [4.69, 9.17) is 4.74 Å². The summed E-state index contributed by atoms with van der Waals surface area (Å²) in [6.45, 7) is 1.39. The van der Waals surface area contributed by atoms with E-state index in [0.717, 1.165) is 41.5 Å². The molecule has 5 rings (SSSR count). The molecule has 3 atom stereocenters. The van der Waals surface area contributed by atoms with Crippen molar-refractivity contribution in [2.24, 2.45) is 11.8 Å². The summed E-state index contributed by atoms with van der Waals surface area (Å²) in [5, 5.41) is 11.9. The topological polar surface area (TPSA) is 95.9 Å². The highest BCUT2D eigenvalue weighted by Crippen LogP contribution is 2.44. The molecule has 0 spiro atoms. The number of amides is 2. The second kappa shape index (κ2) is 9.49. The van der Waals surface area contributed by atoms with Crippen molar-refractivity contribution in [3.8, 4) is 11.1 Å². The zero-order chi connectivity index (χ0) is 23.7. The average Bonchev–Trinajstić information content (AvgIpc) is 3.15. The number of hydrogen-bond acceptors (Lipinski definition) is 4. The summed E-state index contributed by atoms with van der Waals surface area (Å²) >= 11 is 0. The number of nitrogens with one attached hydrogen (secondary N) is 1. The number of nitrogens with zero attached hydrogens (tertiary/aromatic N) is 1. The van der Waals surface area contributed by atoms with Gasteiger partial charge in [0.2, 0.25) is 5.91 Å². The van der Waals surface area contributed by atoms with Crippen LogP contribution in [-0.2, 0) is 14.3 Å². The maximum atomic E-state index is 13.2. The van der Waals surface area contributed by atoms with Gasteiger partial charge in [-0.05, 0) is 53.4 Å². The van der Waals surface area contributed by atoms with Crippen LogP contribution in [-0.4, -0.2) is 53.7 Å². The SMILES string of the molecule is O=C(O)CC(NC(=O)OCC1c2ccccc2-c2ccccc21)C(=O)N1CC2CCCC(C2)C1. The number of aliphatic carboxylic acids is 1. The largest absolute Gasteiger partial charge is 0.481 e. The lowest BCUT2D eigenvalue weighted by atomic mass is 9.78. The van der Waals surface area contributed by atoms with Gasteiger partial charge in [-0.15, -0.1) is 0 Å². The first-order valence-electron chi connectivity index (χ1n) is 12.1. The van der Waals surface area contributed by atoms with Crippen LogP contribution in [0.1, 0.15) is 49.1 Å². The van der Waals surface area contributed by atoms with Crippen molar-refractivity contribution in [3.05, 3.63) is 59.7 Å². The summed E-state index contributed by atoms with van der Waals surface area (Å²) in [5.41, 5.74) is 4.44. The molecule has 2 bridgehead atoms. The number of carboxylic acids is 1. The predicted octanol–water partition coefficient (Wildman–Crippen LogP) is 4.02. The summed E-state index contributed by atoms with van der Waals surface area (Å²) < 4.78 is 5.55. The Kier molecular flexibility index (Phi) is 6.26. The fourth-order valence-electron chi connectivity index (χ4n) is 5.99. The van der Waals surface area contributed by atoms with E-state index in [9.17, 15) is 19.5 Å². The molecule has 2 N–H and O–H groups in total. The Hall–Kier alpha value is -3.35. The Morgan fingerprint density at radius 1 is 0.971 bits per heavy atom. The fraction of sp³-hybridized carbons (Fsp3) is 0.444. The highest BCUT2D eigenvalue weighted by molar-refractivity contribution is 5.89. The van der Waals surface area contributed by atoms with Crippen LogP contribution in [0.25, 0.3) is 11.1 Å². The molecule has 7 nitrogen and oxygen atoms in total. The van der Waals surface area contributed by atoms with Gasteiger partial charge >= 0.3 is 12.1 Å². The molecule has 2 aromatic carbocycles. The van der Waals surface area contributed by atoms with Crippen LogP contribution < -0.4 is 5.32 Å². The van der Waals surface area contributed by atoms with E-state index in [1.54, 1.807) is 4.90 Å². The van der Waals surface area contributed by atoms with E-state index in [1.165, 1.54) is 6.42 Å². The van der Waals surface area contributed by atoms with Crippen molar-refractivity contribution in [2.75, 3.05) is 19.7 Å². The number of fused-ring (bicyclic) bond motifs is 5. The maximum Gasteiger partial charge on any atom is 0.407 e. The number of likely N-dealkylation sites (tertiary alicyclic amines) is 1.